The molecule has 4 heterocycles. The summed E-state index contributed by atoms with van der Waals surface area (Å²) < 4.78 is 38.1. The molecule has 1 unspecified atom stereocenters. The van der Waals surface area contributed by atoms with Crippen molar-refractivity contribution in [3.05, 3.63) is 65.4 Å². The normalized spacial score (nSPS) is 19.7. The van der Waals surface area contributed by atoms with Gasteiger partial charge in [0.15, 0.2) is 5.69 Å². The molecule has 2 aliphatic heterocycles. The van der Waals surface area contributed by atoms with Crippen LogP contribution in [0.1, 0.15) is 35.4 Å². The average Bonchev–Trinajstić information content (AvgIpc) is 3.55. The van der Waals surface area contributed by atoms with Crippen molar-refractivity contribution in [2.24, 2.45) is 0 Å². The standard InChI is InChI=1S/C24H24F2N6O6/c25-23(26)31-12-15(10-29-31)19-11-27-20(22(33)28-9-14-1-3-16(4-2-14)32(35)36)8-21(19)38-18-5-6-30-17(7-18)13-37-24(30)34/h1-4,8,10-12,17-18,23,32,35H,5-7,9,13H2,(H,28,33)/t17-,18-/m0/s1. The van der Waals surface area contributed by atoms with E-state index < -0.39 is 17.7 Å². The lowest BCUT2D eigenvalue weighted by atomic mass is 10.0. The predicted molar refractivity (Wildman–Crippen MR) is 126 cm³/mol. The Bertz CT molecular complexity index is 1320. The van der Waals surface area contributed by atoms with Crippen LogP contribution in [0.3, 0.4) is 0 Å². The topological polar surface area (TPSA) is 146 Å². The number of hydrogen-bond acceptors (Lipinski definition) is 8. The Labute approximate surface area is 214 Å². The largest absolute Gasteiger partial charge is 0.595 e. The monoisotopic (exact) mass is 530 g/mol. The third kappa shape index (κ3) is 5.41. The number of benzene rings is 1. The zero-order chi connectivity index (χ0) is 26.8. The van der Waals surface area contributed by atoms with Crippen molar-refractivity contribution < 1.29 is 38.3 Å². The van der Waals surface area contributed by atoms with Crippen LogP contribution in [-0.4, -0.2) is 62.2 Å². The minimum Gasteiger partial charge on any atom is -0.595 e. The van der Waals surface area contributed by atoms with E-state index in [1.807, 2.05) is 0 Å². The minimum absolute atomic E-state index is 0.0453. The van der Waals surface area contributed by atoms with E-state index in [0.717, 1.165) is 0 Å². The third-order valence-electron chi connectivity index (χ3n) is 6.46. The number of fused-ring (bicyclic) bond motifs is 1. The molecular weight excluding hydrogens is 506 g/mol. The van der Waals surface area contributed by atoms with E-state index in [2.05, 4.69) is 15.4 Å². The number of halogens is 2. The van der Waals surface area contributed by atoms with E-state index in [4.69, 9.17) is 14.7 Å². The number of carbonyl (C=O) groups excluding carboxylic acids is 2. The molecular formula is C24H24F2N6O6. The van der Waals surface area contributed by atoms with Crippen LogP contribution in [-0.2, 0) is 11.3 Å². The molecule has 5 rings (SSSR count). The molecule has 2 aliphatic rings. The van der Waals surface area contributed by atoms with Gasteiger partial charge in [0, 0.05) is 67.7 Å². The molecule has 38 heavy (non-hydrogen) atoms. The lowest BCUT2D eigenvalue weighted by Gasteiger charge is -2.32. The molecule has 12 nitrogen and oxygen atoms in total. The zero-order valence-corrected chi connectivity index (χ0v) is 19.9. The fraction of sp³-hybridized carbons (Fsp3) is 0.333. The number of piperidine rings is 1. The molecule has 0 aliphatic carbocycles. The highest BCUT2D eigenvalue weighted by Gasteiger charge is 2.39. The molecule has 1 aromatic carbocycles. The fourth-order valence-electron chi connectivity index (χ4n) is 4.45. The number of pyridine rings is 1. The molecule has 3 aromatic rings. The third-order valence-corrected chi connectivity index (χ3v) is 6.46. The number of nitrogens with one attached hydrogen (secondary N) is 2. The number of carbonyl (C=O) groups is 2. The Morgan fingerprint density at radius 2 is 2.11 bits per heavy atom. The Morgan fingerprint density at radius 1 is 1.32 bits per heavy atom. The van der Waals surface area contributed by atoms with Crippen molar-refractivity contribution in [1.82, 2.24) is 25.0 Å². The summed E-state index contributed by atoms with van der Waals surface area (Å²) in [6.45, 7) is -1.97. The molecule has 14 heteroatoms. The van der Waals surface area contributed by atoms with E-state index in [9.17, 15) is 23.6 Å². The number of rotatable bonds is 8. The number of amides is 2. The van der Waals surface area contributed by atoms with Crippen molar-refractivity contribution in [3.8, 4) is 16.9 Å². The Kier molecular flexibility index (Phi) is 7.18. The molecule has 0 radical (unpaired) electrons. The lowest BCUT2D eigenvalue weighted by molar-refractivity contribution is -0.991. The number of hydrogen-bond donors (Lipinski definition) is 3. The van der Waals surface area contributed by atoms with Crippen LogP contribution in [0.25, 0.3) is 11.1 Å². The van der Waals surface area contributed by atoms with E-state index in [1.54, 1.807) is 17.0 Å². The van der Waals surface area contributed by atoms with Crippen molar-refractivity contribution in [2.45, 2.75) is 38.1 Å². The van der Waals surface area contributed by atoms with Gasteiger partial charge in [-0.2, -0.15) is 19.1 Å². The number of alkyl halides is 2. The molecule has 2 saturated heterocycles. The van der Waals surface area contributed by atoms with E-state index >= 15 is 0 Å². The molecule has 0 bridgehead atoms. The summed E-state index contributed by atoms with van der Waals surface area (Å²) in [5, 5.41) is 25.4. The highest BCUT2D eigenvalue weighted by molar-refractivity contribution is 5.93. The van der Waals surface area contributed by atoms with Gasteiger partial charge < -0.3 is 24.9 Å². The maximum absolute atomic E-state index is 13.1. The van der Waals surface area contributed by atoms with Crippen molar-refractivity contribution in [2.75, 3.05) is 13.2 Å². The zero-order valence-electron chi connectivity index (χ0n) is 19.9. The summed E-state index contributed by atoms with van der Waals surface area (Å²) in [7, 11) is 0. The number of ether oxygens (including phenoxy) is 2. The van der Waals surface area contributed by atoms with Crippen LogP contribution < -0.4 is 15.3 Å². The van der Waals surface area contributed by atoms with Crippen LogP contribution in [0.2, 0.25) is 0 Å². The summed E-state index contributed by atoms with van der Waals surface area (Å²) in [5.41, 5.74) is 1.60. The number of aromatic nitrogens is 3. The van der Waals surface area contributed by atoms with Crippen LogP contribution in [0.4, 0.5) is 19.3 Å². The van der Waals surface area contributed by atoms with Gasteiger partial charge in [0.2, 0.25) is 0 Å². The first kappa shape index (κ1) is 25.5. The number of quaternary nitrogens is 1. The minimum atomic E-state index is -2.82. The van der Waals surface area contributed by atoms with E-state index in [1.165, 1.54) is 36.8 Å². The maximum Gasteiger partial charge on any atom is 0.410 e. The molecule has 2 aromatic heterocycles. The second-order valence-corrected chi connectivity index (χ2v) is 8.93. The first-order valence-electron chi connectivity index (χ1n) is 11.8. The van der Waals surface area contributed by atoms with Gasteiger partial charge in [-0.15, -0.1) is 0 Å². The van der Waals surface area contributed by atoms with Gasteiger partial charge in [-0.05, 0) is 5.56 Å². The van der Waals surface area contributed by atoms with Crippen molar-refractivity contribution in [3.63, 3.8) is 0 Å². The van der Waals surface area contributed by atoms with Crippen molar-refractivity contribution >= 4 is 17.7 Å². The van der Waals surface area contributed by atoms with E-state index in [0.29, 0.717) is 40.8 Å². The van der Waals surface area contributed by atoms with Gasteiger partial charge >= 0.3 is 12.6 Å². The Balaban J connectivity index is 1.35. The molecule has 0 saturated carbocycles. The second-order valence-electron chi connectivity index (χ2n) is 8.93. The van der Waals surface area contributed by atoms with Crippen LogP contribution >= 0.6 is 0 Å². The second kappa shape index (κ2) is 10.7. The van der Waals surface area contributed by atoms with Crippen LogP contribution in [0.5, 0.6) is 5.75 Å². The van der Waals surface area contributed by atoms with Gasteiger partial charge in [0.1, 0.15) is 24.2 Å². The van der Waals surface area contributed by atoms with Crippen molar-refractivity contribution in [1.29, 1.82) is 0 Å². The first-order valence-corrected chi connectivity index (χ1v) is 11.8. The summed E-state index contributed by atoms with van der Waals surface area (Å²) in [5.74, 6) is -0.231. The van der Waals surface area contributed by atoms with Gasteiger partial charge in [-0.25, -0.2) is 14.7 Å². The molecule has 3 atom stereocenters. The Hall–Kier alpha value is -4.14. The summed E-state index contributed by atoms with van der Waals surface area (Å²) in [4.78, 5) is 30.5. The highest BCUT2D eigenvalue weighted by atomic mass is 19.3. The first-order chi connectivity index (χ1) is 18.3. The molecule has 3 N–H and O–H groups in total. The summed E-state index contributed by atoms with van der Waals surface area (Å²) >= 11 is 0. The van der Waals surface area contributed by atoms with Gasteiger partial charge in [0.05, 0.1) is 12.2 Å². The van der Waals surface area contributed by atoms with Crippen LogP contribution in [0.15, 0.2) is 48.9 Å². The average molecular weight is 530 g/mol. The SMILES string of the molecule is O=C(NCc1ccc([NH+]([O-])O)cc1)c1cc(O[C@H]2CCN3C(=O)OC[C@@H]3C2)c(-c2cnn(C(F)F)c2)cn1. The van der Waals surface area contributed by atoms with Gasteiger partial charge in [0.25, 0.3) is 5.91 Å². The molecule has 2 fully saturated rings. The highest BCUT2D eigenvalue weighted by Crippen LogP contribution is 2.34. The molecule has 2 amide bonds. The number of nitrogens with zero attached hydrogens (tertiary/aromatic N) is 4. The van der Waals surface area contributed by atoms with E-state index in [-0.39, 0.29) is 48.5 Å². The van der Waals surface area contributed by atoms with Crippen LogP contribution in [0, 0.1) is 5.21 Å². The fourth-order valence-corrected chi connectivity index (χ4v) is 4.45. The summed E-state index contributed by atoms with van der Waals surface area (Å²) in [6, 6.07) is 7.40. The molecule has 200 valence electrons. The quantitative estimate of drug-likeness (QED) is 0.375. The smallest absolute Gasteiger partial charge is 0.410 e. The van der Waals surface area contributed by atoms with Gasteiger partial charge in [-0.1, -0.05) is 12.1 Å². The predicted octanol–water partition coefficient (Wildman–Crippen LogP) is 2.04. The summed E-state index contributed by atoms with van der Waals surface area (Å²) in [6.07, 6.45) is 4.18. The van der Waals surface area contributed by atoms with Gasteiger partial charge in [-0.3, -0.25) is 9.78 Å². The molecule has 0 spiro atoms. The Morgan fingerprint density at radius 3 is 2.82 bits per heavy atom. The number of cyclic esters (lactones) is 1. The maximum atomic E-state index is 13.1. The lowest BCUT2D eigenvalue weighted by Crippen LogP contribution is -2.99.